The van der Waals surface area contributed by atoms with Gasteiger partial charge in [0.1, 0.15) is 0 Å². The van der Waals surface area contributed by atoms with Gasteiger partial charge in [0.05, 0.1) is 0 Å². The lowest BCUT2D eigenvalue weighted by atomic mass is 9.97. The van der Waals surface area contributed by atoms with Crippen LogP contribution in [0.1, 0.15) is 29.7 Å². The van der Waals surface area contributed by atoms with Crippen LogP contribution >= 0.6 is 47.8 Å². The molecular weight excluding hydrogens is 420 g/mol. The Bertz CT molecular complexity index is 483. The van der Waals surface area contributed by atoms with Crippen LogP contribution < -0.4 is 0 Å². The van der Waals surface area contributed by atoms with Crippen molar-refractivity contribution in [2.45, 2.75) is 24.1 Å². The van der Waals surface area contributed by atoms with E-state index in [1.54, 1.807) is 0 Å². The Hall–Kier alpha value is 0.660. The van der Waals surface area contributed by atoms with Crippen LogP contribution in [0.4, 0.5) is 0 Å². The zero-order valence-electron chi connectivity index (χ0n) is 9.95. The number of halogens is 3. The highest BCUT2D eigenvalue weighted by atomic mass is 79.9. The largest absolute Gasteiger partial charge is 0.0835 e. The first kappa shape index (κ1) is 12.4. The van der Waals surface area contributed by atoms with Crippen LogP contribution in [0.25, 0.3) is 0 Å². The van der Waals surface area contributed by atoms with Crippen molar-refractivity contribution in [1.82, 2.24) is 0 Å². The Morgan fingerprint density at radius 2 is 1.72 bits per heavy atom. The van der Waals surface area contributed by atoms with E-state index in [9.17, 15) is 0 Å². The molecule has 0 amide bonds. The molecule has 5 atom stereocenters. The van der Waals surface area contributed by atoms with E-state index in [0.717, 1.165) is 29.6 Å². The van der Waals surface area contributed by atoms with E-state index in [4.69, 9.17) is 0 Å². The predicted molar refractivity (Wildman–Crippen MR) is 84.8 cm³/mol. The van der Waals surface area contributed by atoms with Gasteiger partial charge in [-0.25, -0.2) is 0 Å². The number of hydrogen-bond donors (Lipinski definition) is 0. The van der Waals surface area contributed by atoms with Gasteiger partial charge in [-0.2, -0.15) is 0 Å². The third-order valence-corrected chi connectivity index (χ3v) is 7.71. The monoisotopic (exact) mass is 432 g/mol. The summed E-state index contributed by atoms with van der Waals surface area (Å²) in [5, 5.41) is 0. The summed E-state index contributed by atoms with van der Waals surface area (Å²) >= 11 is 11.3. The normalized spacial score (nSPS) is 41.8. The lowest BCUT2D eigenvalue weighted by molar-refractivity contribution is 0.456. The van der Waals surface area contributed by atoms with Gasteiger partial charge < -0.3 is 0 Å². The topological polar surface area (TPSA) is 0 Å². The minimum atomic E-state index is 0.530. The summed E-state index contributed by atoms with van der Waals surface area (Å²) in [6, 6.07) is 6.52. The van der Waals surface area contributed by atoms with Gasteiger partial charge in [0.25, 0.3) is 0 Å². The Morgan fingerprint density at radius 1 is 1.06 bits per heavy atom. The van der Waals surface area contributed by atoms with Gasteiger partial charge in [0.2, 0.25) is 0 Å². The minimum absolute atomic E-state index is 0.530. The van der Waals surface area contributed by atoms with Crippen LogP contribution in [0.15, 0.2) is 27.1 Å². The summed E-state index contributed by atoms with van der Waals surface area (Å²) in [7, 11) is 0. The van der Waals surface area contributed by atoms with E-state index in [0.29, 0.717) is 4.83 Å². The number of alkyl halides is 1. The molecule has 3 saturated carbocycles. The molecule has 0 aromatic heterocycles. The lowest BCUT2D eigenvalue weighted by Gasteiger charge is -2.16. The van der Waals surface area contributed by atoms with E-state index in [2.05, 4.69) is 66.0 Å². The van der Waals surface area contributed by atoms with Crippen molar-refractivity contribution < 1.29 is 0 Å². The average molecular weight is 435 g/mol. The second kappa shape index (κ2) is 4.33. The van der Waals surface area contributed by atoms with Gasteiger partial charge >= 0.3 is 0 Å². The highest BCUT2D eigenvalue weighted by molar-refractivity contribution is 9.11. The SMILES string of the molecule is Brc1ccc(Br)c(C(Br)C2C3C4CCC(C4)C32)c1. The quantitative estimate of drug-likeness (QED) is 0.505. The van der Waals surface area contributed by atoms with Crippen LogP contribution in [-0.4, -0.2) is 0 Å². The first-order valence-electron chi connectivity index (χ1n) is 6.76. The van der Waals surface area contributed by atoms with E-state index in [1.165, 1.54) is 33.8 Å². The van der Waals surface area contributed by atoms with Crippen molar-refractivity contribution >= 4 is 47.8 Å². The molecular formula is C15H15Br3. The van der Waals surface area contributed by atoms with Crippen LogP contribution in [0.2, 0.25) is 0 Å². The fourth-order valence-electron chi connectivity index (χ4n) is 4.72. The molecule has 3 aliphatic rings. The minimum Gasteiger partial charge on any atom is -0.0835 e. The van der Waals surface area contributed by atoms with Crippen LogP contribution in [-0.2, 0) is 0 Å². The second-order valence-electron chi connectivity index (χ2n) is 6.13. The van der Waals surface area contributed by atoms with Crippen LogP contribution in [0.5, 0.6) is 0 Å². The lowest BCUT2D eigenvalue weighted by Crippen LogP contribution is -2.04. The molecule has 0 aliphatic heterocycles. The van der Waals surface area contributed by atoms with Gasteiger partial charge in [-0.15, -0.1) is 0 Å². The number of rotatable bonds is 2. The maximum absolute atomic E-state index is 3.99. The van der Waals surface area contributed by atoms with Crippen molar-refractivity contribution in [2.24, 2.45) is 29.6 Å². The van der Waals surface area contributed by atoms with E-state index in [1.807, 2.05) is 0 Å². The van der Waals surface area contributed by atoms with Crippen molar-refractivity contribution in [3.63, 3.8) is 0 Å². The fraction of sp³-hybridized carbons (Fsp3) is 0.600. The van der Waals surface area contributed by atoms with Crippen molar-refractivity contribution in [3.05, 3.63) is 32.7 Å². The second-order valence-corrected chi connectivity index (χ2v) is 8.89. The third kappa shape index (κ3) is 1.73. The summed E-state index contributed by atoms with van der Waals surface area (Å²) in [4.78, 5) is 0.530. The van der Waals surface area contributed by atoms with E-state index < -0.39 is 0 Å². The first-order valence-corrected chi connectivity index (χ1v) is 9.26. The molecule has 96 valence electrons. The summed E-state index contributed by atoms with van der Waals surface area (Å²) in [5.74, 6) is 5.05. The molecule has 0 N–H and O–H groups in total. The summed E-state index contributed by atoms with van der Waals surface area (Å²) in [6.45, 7) is 0. The number of fused-ring (bicyclic) bond motifs is 5. The number of hydrogen-bond acceptors (Lipinski definition) is 0. The Balaban J connectivity index is 1.61. The molecule has 3 aliphatic carbocycles. The summed E-state index contributed by atoms with van der Waals surface area (Å²) < 4.78 is 2.42. The standard InChI is InChI=1S/C15H15Br3/c16-9-3-4-11(17)10(6-9)15(18)14-12-7-1-2-8(5-7)13(12)14/h3-4,6-8,12-15H,1-2,5H2. The molecule has 3 fully saturated rings. The maximum Gasteiger partial charge on any atom is 0.0440 e. The zero-order chi connectivity index (χ0) is 12.4. The zero-order valence-corrected chi connectivity index (χ0v) is 14.7. The van der Waals surface area contributed by atoms with Gasteiger partial charge in [0.15, 0.2) is 0 Å². The molecule has 1 aromatic rings. The Kier molecular flexibility index (Phi) is 2.98. The fourth-order valence-corrected chi connectivity index (χ4v) is 6.98. The van der Waals surface area contributed by atoms with Gasteiger partial charge in [-0.05, 0) is 72.6 Å². The predicted octanol–water partition coefficient (Wildman–Crippen LogP) is 5.94. The molecule has 2 bridgehead atoms. The smallest absolute Gasteiger partial charge is 0.0440 e. The number of benzene rings is 1. The average Bonchev–Trinajstić information content (AvgIpc) is 2.79. The van der Waals surface area contributed by atoms with Crippen LogP contribution in [0, 0.1) is 29.6 Å². The highest BCUT2D eigenvalue weighted by Gasteiger charge is 2.66. The molecule has 3 heteroatoms. The molecule has 1 aromatic carbocycles. The molecule has 0 spiro atoms. The van der Waals surface area contributed by atoms with E-state index in [-0.39, 0.29) is 0 Å². The Morgan fingerprint density at radius 3 is 2.39 bits per heavy atom. The Labute approximate surface area is 133 Å². The van der Waals surface area contributed by atoms with Crippen molar-refractivity contribution in [3.8, 4) is 0 Å². The molecule has 4 rings (SSSR count). The van der Waals surface area contributed by atoms with Crippen molar-refractivity contribution in [1.29, 1.82) is 0 Å². The van der Waals surface area contributed by atoms with Gasteiger partial charge in [-0.1, -0.05) is 47.8 Å². The molecule has 18 heavy (non-hydrogen) atoms. The van der Waals surface area contributed by atoms with E-state index >= 15 is 0 Å². The molecule has 0 nitrogen and oxygen atoms in total. The highest BCUT2D eigenvalue weighted by Crippen LogP contribution is 2.73. The summed E-state index contributed by atoms with van der Waals surface area (Å²) in [6.07, 6.45) is 4.54. The first-order chi connectivity index (χ1) is 8.66. The van der Waals surface area contributed by atoms with Crippen LogP contribution in [0.3, 0.4) is 0 Å². The van der Waals surface area contributed by atoms with Gasteiger partial charge in [-0.3, -0.25) is 0 Å². The molecule has 0 heterocycles. The van der Waals surface area contributed by atoms with Crippen molar-refractivity contribution in [2.75, 3.05) is 0 Å². The van der Waals surface area contributed by atoms with Gasteiger partial charge in [0, 0.05) is 13.8 Å². The maximum atomic E-state index is 3.99. The summed E-state index contributed by atoms with van der Waals surface area (Å²) in [5.41, 5.74) is 1.42. The molecule has 0 saturated heterocycles. The molecule has 5 unspecified atom stereocenters. The third-order valence-electron chi connectivity index (χ3n) is 5.39. The molecule has 0 radical (unpaired) electrons.